The Morgan fingerprint density at radius 3 is 3.00 bits per heavy atom. The highest BCUT2D eigenvalue weighted by Crippen LogP contribution is 2.18. The van der Waals surface area contributed by atoms with Crippen LogP contribution in [0, 0.1) is 5.92 Å². The van der Waals surface area contributed by atoms with Crippen molar-refractivity contribution in [1.29, 1.82) is 0 Å². The predicted octanol–water partition coefficient (Wildman–Crippen LogP) is 1.27. The molecule has 0 radical (unpaired) electrons. The summed E-state index contributed by atoms with van der Waals surface area (Å²) in [7, 11) is 0. The number of halogens is 1. The van der Waals surface area contributed by atoms with Crippen molar-refractivity contribution in [2.24, 2.45) is 5.92 Å². The summed E-state index contributed by atoms with van der Waals surface area (Å²) in [5, 5.41) is 4.18. The van der Waals surface area contributed by atoms with Crippen molar-refractivity contribution in [2.45, 2.75) is 6.54 Å². The Kier molecular flexibility index (Phi) is 2.61. The number of fused-ring (bicyclic) bond motifs is 1. The number of rotatable bonds is 2. The van der Waals surface area contributed by atoms with E-state index in [-0.39, 0.29) is 5.56 Å². The molecule has 5 heteroatoms. The average molecular weight is 250 g/mol. The van der Waals surface area contributed by atoms with Gasteiger partial charge in [0.05, 0.1) is 22.3 Å². The summed E-state index contributed by atoms with van der Waals surface area (Å²) >= 11 is 6.05. The second-order valence-corrected chi connectivity index (χ2v) is 4.77. The Bertz CT molecular complexity index is 619. The van der Waals surface area contributed by atoms with E-state index in [4.69, 9.17) is 11.6 Å². The third-order valence-electron chi connectivity index (χ3n) is 3.12. The maximum Gasteiger partial charge on any atom is 0.262 e. The summed E-state index contributed by atoms with van der Waals surface area (Å²) in [6.07, 6.45) is 1.61. The molecule has 3 rings (SSSR count). The van der Waals surface area contributed by atoms with Crippen LogP contribution in [0.4, 0.5) is 0 Å². The summed E-state index contributed by atoms with van der Waals surface area (Å²) in [4.78, 5) is 16.5. The molecule has 1 aromatic carbocycles. The van der Waals surface area contributed by atoms with Crippen molar-refractivity contribution in [1.82, 2.24) is 14.9 Å². The van der Waals surface area contributed by atoms with Gasteiger partial charge in [0, 0.05) is 25.6 Å². The Morgan fingerprint density at radius 1 is 1.47 bits per heavy atom. The van der Waals surface area contributed by atoms with Crippen molar-refractivity contribution in [3.05, 3.63) is 39.9 Å². The van der Waals surface area contributed by atoms with E-state index in [1.165, 1.54) is 0 Å². The zero-order valence-corrected chi connectivity index (χ0v) is 9.94. The fourth-order valence-corrected chi connectivity index (χ4v) is 2.30. The average Bonchev–Trinajstić information content (AvgIpc) is 2.26. The van der Waals surface area contributed by atoms with Gasteiger partial charge >= 0.3 is 0 Å². The molecule has 0 saturated carbocycles. The topological polar surface area (TPSA) is 46.9 Å². The van der Waals surface area contributed by atoms with Crippen LogP contribution in [0.5, 0.6) is 0 Å². The smallest absolute Gasteiger partial charge is 0.262 e. The van der Waals surface area contributed by atoms with Crippen LogP contribution >= 0.6 is 11.6 Å². The lowest BCUT2D eigenvalue weighted by Crippen LogP contribution is -2.45. The number of hydrogen-bond donors (Lipinski definition) is 1. The van der Waals surface area contributed by atoms with E-state index in [0.29, 0.717) is 28.4 Å². The van der Waals surface area contributed by atoms with Crippen LogP contribution in [-0.4, -0.2) is 22.6 Å². The summed E-state index contributed by atoms with van der Waals surface area (Å²) in [5.41, 5.74) is 0.609. The second-order valence-electron chi connectivity index (χ2n) is 4.36. The third-order valence-corrected chi connectivity index (χ3v) is 3.44. The molecule has 1 aromatic heterocycles. The van der Waals surface area contributed by atoms with Crippen LogP contribution in [0.3, 0.4) is 0 Å². The minimum Gasteiger partial charge on any atom is -0.316 e. The highest BCUT2D eigenvalue weighted by molar-refractivity contribution is 6.35. The molecular weight excluding hydrogens is 238 g/mol. The van der Waals surface area contributed by atoms with Crippen LogP contribution in [0.15, 0.2) is 29.3 Å². The molecule has 1 aliphatic rings. The van der Waals surface area contributed by atoms with E-state index in [9.17, 15) is 4.79 Å². The number of benzene rings is 1. The Hall–Kier alpha value is -1.39. The minimum absolute atomic E-state index is 0.0486. The first kappa shape index (κ1) is 10.7. The molecule has 0 aliphatic carbocycles. The molecule has 0 spiro atoms. The molecule has 2 aromatic rings. The maximum atomic E-state index is 12.2. The van der Waals surface area contributed by atoms with Gasteiger partial charge in [-0.1, -0.05) is 17.7 Å². The number of nitrogens with one attached hydrogen (secondary N) is 1. The molecule has 4 nitrogen and oxygen atoms in total. The molecule has 1 saturated heterocycles. The van der Waals surface area contributed by atoms with Gasteiger partial charge in [-0.05, 0) is 12.1 Å². The molecule has 0 unspecified atom stereocenters. The van der Waals surface area contributed by atoms with Gasteiger partial charge in [0.15, 0.2) is 0 Å². The minimum atomic E-state index is -0.0486. The van der Waals surface area contributed by atoms with Gasteiger partial charge in [-0.3, -0.25) is 9.36 Å². The Morgan fingerprint density at radius 2 is 2.29 bits per heavy atom. The van der Waals surface area contributed by atoms with E-state index in [1.807, 2.05) is 0 Å². The lowest BCUT2D eigenvalue weighted by molar-refractivity contribution is 0.303. The van der Waals surface area contributed by atoms with Crippen molar-refractivity contribution in [3.8, 4) is 0 Å². The first-order valence-corrected chi connectivity index (χ1v) is 5.98. The van der Waals surface area contributed by atoms with E-state index in [2.05, 4.69) is 10.3 Å². The maximum absolute atomic E-state index is 12.2. The fourth-order valence-electron chi connectivity index (χ4n) is 2.05. The lowest BCUT2D eigenvalue weighted by Gasteiger charge is -2.27. The van der Waals surface area contributed by atoms with Gasteiger partial charge in [-0.15, -0.1) is 0 Å². The van der Waals surface area contributed by atoms with Gasteiger partial charge in [-0.25, -0.2) is 4.98 Å². The van der Waals surface area contributed by atoms with Crippen molar-refractivity contribution < 1.29 is 0 Å². The number of nitrogens with zero attached hydrogens (tertiary/aromatic N) is 2. The van der Waals surface area contributed by atoms with Crippen molar-refractivity contribution in [3.63, 3.8) is 0 Å². The van der Waals surface area contributed by atoms with Crippen molar-refractivity contribution in [2.75, 3.05) is 13.1 Å². The van der Waals surface area contributed by atoms with Gasteiger partial charge in [0.1, 0.15) is 0 Å². The van der Waals surface area contributed by atoms with E-state index in [1.54, 1.807) is 29.1 Å². The monoisotopic (exact) mass is 249 g/mol. The quantitative estimate of drug-likeness (QED) is 0.872. The molecular formula is C12H12ClN3O. The fraction of sp³-hybridized carbons (Fsp3) is 0.333. The predicted molar refractivity (Wildman–Crippen MR) is 67.4 cm³/mol. The highest BCUT2D eigenvalue weighted by atomic mass is 35.5. The SMILES string of the molecule is O=c1c2c(Cl)cccc2ncn1CC1CNC1. The summed E-state index contributed by atoms with van der Waals surface area (Å²) in [5.74, 6) is 0.523. The van der Waals surface area contributed by atoms with Crippen LogP contribution in [0.1, 0.15) is 0 Å². The first-order valence-electron chi connectivity index (χ1n) is 5.60. The molecule has 88 valence electrons. The Balaban J connectivity index is 2.11. The summed E-state index contributed by atoms with van der Waals surface area (Å²) < 4.78 is 1.65. The highest BCUT2D eigenvalue weighted by Gasteiger charge is 2.18. The third kappa shape index (κ3) is 1.83. The molecule has 17 heavy (non-hydrogen) atoms. The molecule has 0 amide bonds. The lowest BCUT2D eigenvalue weighted by atomic mass is 10.0. The second kappa shape index (κ2) is 4.13. The van der Waals surface area contributed by atoms with Gasteiger partial charge in [0.25, 0.3) is 5.56 Å². The van der Waals surface area contributed by atoms with Gasteiger partial charge < -0.3 is 5.32 Å². The molecule has 1 aliphatic heterocycles. The molecule has 2 heterocycles. The molecule has 1 N–H and O–H groups in total. The zero-order chi connectivity index (χ0) is 11.8. The van der Waals surface area contributed by atoms with E-state index >= 15 is 0 Å². The normalized spacial score (nSPS) is 16.1. The molecule has 0 atom stereocenters. The van der Waals surface area contributed by atoms with Crippen molar-refractivity contribution >= 4 is 22.5 Å². The first-order chi connectivity index (χ1) is 8.25. The van der Waals surface area contributed by atoms with Gasteiger partial charge in [0.2, 0.25) is 0 Å². The van der Waals surface area contributed by atoms with E-state index < -0.39 is 0 Å². The van der Waals surface area contributed by atoms with Crippen LogP contribution in [0.25, 0.3) is 10.9 Å². The Labute approximate surface area is 103 Å². The van der Waals surface area contributed by atoms with Crippen LogP contribution < -0.4 is 10.9 Å². The summed E-state index contributed by atoms with van der Waals surface area (Å²) in [6, 6.07) is 5.33. The number of aromatic nitrogens is 2. The van der Waals surface area contributed by atoms with Crippen LogP contribution in [-0.2, 0) is 6.54 Å². The van der Waals surface area contributed by atoms with Crippen LogP contribution in [0.2, 0.25) is 5.02 Å². The van der Waals surface area contributed by atoms with Gasteiger partial charge in [-0.2, -0.15) is 0 Å². The molecule has 1 fully saturated rings. The zero-order valence-electron chi connectivity index (χ0n) is 9.19. The van der Waals surface area contributed by atoms with E-state index in [0.717, 1.165) is 13.1 Å². The largest absolute Gasteiger partial charge is 0.316 e. The standard InChI is InChI=1S/C12H12ClN3O/c13-9-2-1-3-10-11(9)12(17)16(7-15-10)6-8-4-14-5-8/h1-3,7-8,14H,4-6H2. The molecule has 0 bridgehead atoms. The summed E-state index contributed by atoms with van der Waals surface area (Å²) in [6.45, 7) is 2.64. The number of hydrogen-bond acceptors (Lipinski definition) is 3.